The number of para-hydroxylation sites is 1. The maximum Gasteiger partial charge on any atom is 0.228 e. The minimum absolute atomic E-state index is 0.600. The number of nitrogens with zero attached hydrogens (tertiary/aromatic N) is 3. The van der Waals surface area contributed by atoms with Crippen molar-refractivity contribution in [2.24, 2.45) is 0 Å². The van der Waals surface area contributed by atoms with Crippen LogP contribution < -0.4 is 5.32 Å². The number of benzene rings is 1. The number of rotatable bonds is 5. The van der Waals surface area contributed by atoms with E-state index in [0.717, 1.165) is 17.8 Å². The molecule has 0 radical (unpaired) electrons. The van der Waals surface area contributed by atoms with Gasteiger partial charge >= 0.3 is 0 Å². The van der Waals surface area contributed by atoms with Crippen LogP contribution in [0.4, 0.5) is 5.69 Å². The predicted molar refractivity (Wildman–Crippen MR) is 80.9 cm³/mol. The van der Waals surface area contributed by atoms with E-state index >= 15 is 0 Å². The molecular formula is C16H16N4O. The van der Waals surface area contributed by atoms with Crippen LogP contribution in [0.2, 0.25) is 0 Å². The molecule has 5 heteroatoms. The van der Waals surface area contributed by atoms with Crippen molar-refractivity contribution in [3.63, 3.8) is 0 Å². The van der Waals surface area contributed by atoms with Crippen molar-refractivity contribution in [3.05, 3.63) is 60.2 Å². The molecule has 0 saturated heterocycles. The first-order chi connectivity index (χ1) is 10.3. The van der Waals surface area contributed by atoms with E-state index in [1.54, 1.807) is 12.4 Å². The predicted octanol–water partition coefficient (Wildman–Crippen LogP) is 3.09. The molecule has 21 heavy (non-hydrogen) atoms. The van der Waals surface area contributed by atoms with Crippen LogP contribution in [0.3, 0.4) is 0 Å². The maximum absolute atomic E-state index is 5.27. The van der Waals surface area contributed by atoms with E-state index in [9.17, 15) is 0 Å². The van der Waals surface area contributed by atoms with Gasteiger partial charge in [0, 0.05) is 36.6 Å². The smallest absolute Gasteiger partial charge is 0.228 e. The lowest BCUT2D eigenvalue weighted by Gasteiger charge is -2.07. The molecule has 0 fully saturated rings. The lowest BCUT2D eigenvalue weighted by atomic mass is 10.2. The molecular weight excluding hydrogens is 264 g/mol. The summed E-state index contributed by atoms with van der Waals surface area (Å²) < 4.78 is 5.27. The molecule has 0 spiro atoms. The Labute approximate surface area is 123 Å². The van der Waals surface area contributed by atoms with Gasteiger partial charge in [-0.15, -0.1) is 0 Å². The zero-order valence-electron chi connectivity index (χ0n) is 11.8. The third kappa shape index (κ3) is 3.25. The van der Waals surface area contributed by atoms with Crippen LogP contribution in [0, 0.1) is 6.92 Å². The van der Waals surface area contributed by atoms with Crippen molar-refractivity contribution in [3.8, 4) is 11.4 Å². The van der Waals surface area contributed by atoms with Crippen molar-refractivity contribution >= 4 is 5.69 Å². The highest BCUT2D eigenvalue weighted by Crippen LogP contribution is 2.15. The van der Waals surface area contributed by atoms with Gasteiger partial charge in [0.05, 0.1) is 0 Å². The van der Waals surface area contributed by atoms with Crippen molar-refractivity contribution in [2.75, 3.05) is 11.9 Å². The molecule has 0 aliphatic carbocycles. The normalized spacial score (nSPS) is 10.5. The van der Waals surface area contributed by atoms with Crippen LogP contribution in [-0.2, 0) is 6.42 Å². The Bertz CT molecular complexity index is 709. The van der Waals surface area contributed by atoms with E-state index < -0.39 is 0 Å². The number of hydrogen-bond acceptors (Lipinski definition) is 5. The summed E-state index contributed by atoms with van der Waals surface area (Å²) in [6.45, 7) is 2.83. The first-order valence-corrected chi connectivity index (χ1v) is 6.85. The molecule has 2 aromatic heterocycles. The minimum Gasteiger partial charge on any atom is -0.384 e. The number of anilines is 1. The second-order valence-corrected chi connectivity index (χ2v) is 4.74. The standard InChI is InChI=1S/C16H16N4O/c1-12-4-2-3-5-14(12)18-11-8-15-19-16(20-21-15)13-6-9-17-10-7-13/h2-7,9-10,18H,8,11H2,1H3. The molecule has 0 saturated carbocycles. The number of pyridine rings is 1. The number of hydrogen-bond donors (Lipinski definition) is 1. The molecule has 2 heterocycles. The Kier molecular flexibility index (Phi) is 3.91. The van der Waals surface area contributed by atoms with Crippen LogP contribution >= 0.6 is 0 Å². The fourth-order valence-electron chi connectivity index (χ4n) is 2.05. The summed E-state index contributed by atoms with van der Waals surface area (Å²) in [6, 6.07) is 11.9. The minimum atomic E-state index is 0.600. The summed E-state index contributed by atoms with van der Waals surface area (Å²) in [7, 11) is 0. The average Bonchev–Trinajstić information content (AvgIpc) is 2.99. The Morgan fingerprint density at radius 2 is 1.90 bits per heavy atom. The monoisotopic (exact) mass is 280 g/mol. The van der Waals surface area contributed by atoms with Gasteiger partial charge in [-0.05, 0) is 30.7 Å². The third-order valence-electron chi connectivity index (χ3n) is 3.21. The summed E-state index contributed by atoms with van der Waals surface area (Å²) in [5.74, 6) is 1.23. The van der Waals surface area contributed by atoms with Gasteiger partial charge in [-0.25, -0.2) is 0 Å². The molecule has 0 atom stereocenters. The van der Waals surface area contributed by atoms with E-state index in [4.69, 9.17) is 4.52 Å². The highest BCUT2D eigenvalue weighted by atomic mass is 16.5. The Balaban J connectivity index is 1.60. The molecule has 5 nitrogen and oxygen atoms in total. The van der Waals surface area contributed by atoms with Gasteiger partial charge in [0.25, 0.3) is 0 Å². The van der Waals surface area contributed by atoms with E-state index in [1.165, 1.54) is 5.56 Å². The van der Waals surface area contributed by atoms with E-state index in [-0.39, 0.29) is 0 Å². The Morgan fingerprint density at radius 1 is 1.10 bits per heavy atom. The third-order valence-corrected chi connectivity index (χ3v) is 3.21. The van der Waals surface area contributed by atoms with Gasteiger partial charge in [0.15, 0.2) is 0 Å². The van der Waals surface area contributed by atoms with Crippen molar-refractivity contribution in [2.45, 2.75) is 13.3 Å². The van der Waals surface area contributed by atoms with Crippen LogP contribution in [0.25, 0.3) is 11.4 Å². The number of aryl methyl sites for hydroxylation is 1. The Hall–Kier alpha value is -2.69. The SMILES string of the molecule is Cc1ccccc1NCCc1nc(-c2ccncc2)no1. The number of nitrogens with one attached hydrogen (secondary N) is 1. The maximum atomic E-state index is 5.27. The molecule has 3 rings (SSSR count). The van der Waals surface area contributed by atoms with Crippen LogP contribution in [0.15, 0.2) is 53.3 Å². The van der Waals surface area contributed by atoms with Gasteiger partial charge in [-0.2, -0.15) is 4.98 Å². The van der Waals surface area contributed by atoms with Gasteiger partial charge < -0.3 is 9.84 Å². The number of aromatic nitrogens is 3. The lowest BCUT2D eigenvalue weighted by Crippen LogP contribution is -2.06. The van der Waals surface area contributed by atoms with Crippen LogP contribution in [-0.4, -0.2) is 21.7 Å². The molecule has 1 aromatic carbocycles. The summed E-state index contributed by atoms with van der Waals surface area (Å²) >= 11 is 0. The van der Waals surface area contributed by atoms with Gasteiger partial charge in [-0.1, -0.05) is 23.4 Å². The molecule has 0 aliphatic heterocycles. The zero-order chi connectivity index (χ0) is 14.5. The van der Waals surface area contributed by atoms with Crippen LogP contribution in [0.5, 0.6) is 0 Å². The first-order valence-electron chi connectivity index (χ1n) is 6.85. The highest BCUT2D eigenvalue weighted by Gasteiger charge is 2.08. The van der Waals surface area contributed by atoms with E-state index in [1.807, 2.05) is 24.3 Å². The fraction of sp³-hybridized carbons (Fsp3) is 0.188. The second kappa shape index (κ2) is 6.17. The largest absolute Gasteiger partial charge is 0.384 e. The quantitative estimate of drug-likeness (QED) is 0.778. The topological polar surface area (TPSA) is 63.8 Å². The molecule has 106 valence electrons. The summed E-state index contributed by atoms with van der Waals surface area (Å²) in [5, 5.41) is 7.36. The first kappa shape index (κ1) is 13.3. The van der Waals surface area contributed by atoms with Crippen molar-refractivity contribution in [1.82, 2.24) is 15.1 Å². The summed E-state index contributed by atoms with van der Waals surface area (Å²) in [6.07, 6.45) is 4.11. The zero-order valence-corrected chi connectivity index (χ0v) is 11.8. The second-order valence-electron chi connectivity index (χ2n) is 4.74. The Morgan fingerprint density at radius 3 is 2.71 bits per heavy atom. The van der Waals surface area contributed by atoms with E-state index in [2.05, 4.69) is 39.5 Å². The molecule has 3 aromatic rings. The van der Waals surface area contributed by atoms with Crippen molar-refractivity contribution < 1.29 is 4.52 Å². The molecule has 0 aliphatic rings. The molecule has 0 amide bonds. The lowest BCUT2D eigenvalue weighted by molar-refractivity contribution is 0.381. The van der Waals surface area contributed by atoms with Gasteiger partial charge in [0.1, 0.15) is 0 Å². The van der Waals surface area contributed by atoms with Gasteiger partial charge in [0.2, 0.25) is 11.7 Å². The average molecular weight is 280 g/mol. The van der Waals surface area contributed by atoms with Gasteiger partial charge in [-0.3, -0.25) is 4.98 Å². The van der Waals surface area contributed by atoms with Crippen molar-refractivity contribution in [1.29, 1.82) is 0 Å². The molecule has 0 unspecified atom stereocenters. The van der Waals surface area contributed by atoms with E-state index in [0.29, 0.717) is 18.1 Å². The highest BCUT2D eigenvalue weighted by molar-refractivity contribution is 5.52. The fourth-order valence-corrected chi connectivity index (χ4v) is 2.05. The summed E-state index contributed by atoms with van der Waals surface area (Å²) in [5.41, 5.74) is 3.26. The van der Waals surface area contributed by atoms with Crippen LogP contribution in [0.1, 0.15) is 11.5 Å². The summed E-state index contributed by atoms with van der Waals surface area (Å²) in [4.78, 5) is 8.36. The molecule has 1 N–H and O–H groups in total. The molecule has 0 bridgehead atoms.